The van der Waals surface area contributed by atoms with Crippen LogP contribution in [0, 0.1) is 0 Å². The van der Waals surface area contributed by atoms with E-state index in [9.17, 15) is 9.59 Å². The van der Waals surface area contributed by atoms with Crippen LogP contribution in [0.4, 0.5) is 0 Å². The average Bonchev–Trinajstić information content (AvgIpc) is 3.86. The van der Waals surface area contributed by atoms with E-state index in [1.165, 1.54) is 0 Å². The summed E-state index contributed by atoms with van der Waals surface area (Å²) < 4.78 is 7.13. The van der Waals surface area contributed by atoms with Gasteiger partial charge in [0.15, 0.2) is 0 Å². The van der Waals surface area contributed by atoms with Crippen molar-refractivity contribution in [2.24, 2.45) is 0 Å². The van der Waals surface area contributed by atoms with Crippen molar-refractivity contribution in [2.45, 2.75) is 45.2 Å². The first-order valence-electron chi connectivity index (χ1n) is 20.0. The van der Waals surface area contributed by atoms with Crippen molar-refractivity contribution in [3.05, 3.63) is 154 Å². The van der Waals surface area contributed by atoms with Crippen LogP contribution >= 0.6 is 0 Å². The highest BCUT2D eigenvalue weighted by Crippen LogP contribution is 2.35. The second-order valence-corrected chi connectivity index (χ2v) is 15.3. The molecule has 0 atom stereocenters. The third-order valence-electron chi connectivity index (χ3n) is 11.4. The molecular weight excluding hydrogens is 737 g/mol. The summed E-state index contributed by atoms with van der Waals surface area (Å²) in [6.45, 7) is 3.92. The Labute approximate surface area is 343 Å². The number of hydrogen-bond donors (Lipinski definition) is 0. The van der Waals surface area contributed by atoms with Gasteiger partial charge >= 0.3 is 0 Å². The molecule has 12 nitrogen and oxygen atoms in total. The van der Waals surface area contributed by atoms with Crippen LogP contribution in [0.3, 0.4) is 0 Å². The molecule has 2 aliphatic heterocycles. The maximum Gasteiger partial charge on any atom is 0.267 e. The SMILES string of the molecule is C.CN1CCC(n2nc(-c3c(-c4ccccc4)nn4ccccc34)ccc2=O)CC1.CN1CCC(n2nc(-c3c(-c4ccccc4)nn4ccccc34)ccc2=O)CC1. The lowest BCUT2D eigenvalue weighted by Gasteiger charge is -2.29. The van der Waals surface area contributed by atoms with Crippen molar-refractivity contribution < 1.29 is 0 Å². The lowest BCUT2D eigenvalue weighted by molar-refractivity contribution is 0.208. The van der Waals surface area contributed by atoms with E-state index in [2.05, 4.69) is 48.2 Å². The summed E-state index contributed by atoms with van der Waals surface area (Å²) >= 11 is 0. The predicted octanol–water partition coefficient (Wildman–Crippen LogP) is 7.62. The minimum atomic E-state index is -0.0407. The van der Waals surface area contributed by atoms with Gasteiger partial charge in [-0.15, -0.1) is 0 Å². The van der Waals surface area contributed by atoms with Crippen molar-refractivity contribution in [2.75, 3.05) is 40.3 Å². The van der Waals surface area contributed by atoms with Gasteiger partial charge in [-0.05, 0) is 102 Å². The molecule has 8 heterocycles. The second-order valence-electron chi connectivity index (χ2n) is 15.3. The normalized spacial score (nSPS) is 15.5. The number of likely N-dealkylation sites (tertiary alicyclic amines) is 2. The molecule has 0 aliphatic carbocycles. The van der Waals surface area contributed by atoms with Crippen molar-refractivity contribution in [3.63, 3.8) is 0 Å². The van der Waals surface area contributed by atoms with Crippen LogP contribution in [0.5, 0.6) is 0 Å². The largest absolute Gasteiger partial charge is 0.306 e. The van der Waals surface area contributed by atoms with Crippen LogP contribution in [0.15, 0.2) is 143 Å². The summed E-state index contributed by atoms with van der Waals surface area (Å²) in [5, 5.41) is 19.3. The van der Waals surface area contributed by atoms with Crippen molar-refractivity contribution >= 4 is 11.0 Å². The molecule has 2 aliphatic rings. The topological polar surface area (TPSA) is 111 Å². The van der Waals surface area contributed by atoms with E-state index >= 15 is 0 Å². The van der Waals surface area contributed by atoms with Crippen molar-refractivity contribution in [3.8, 4) is 45.0 Å². The highest BCUT2D eigenvalue weighted by Gasteiger charge is 2.25. The molecule has 0 unspecified atom stereocenters. The van der Waals surface area contributed by atoms with Gasteiger partial charge in [-0.1, -0.05) is 80.2 Å². The Bertz CT molecular complexity index is 2600. The Morgan fingerprint density at radius 1 is 0.458 bits per heavy atom. The van der Waals surface area contributed by atoms with E-state index in [4.69, 9.17) is 20.4 Å². The molecule has 0 saturated carbocycles. The summed E-state index contributed by atoms with van der Waals surface area (Å²) in [5.41, 5.74) is 9.16. The van der Waals surface area contributed by atoms with Gasteiger partial charge in [0, 0.05) is 35.7 Å². The minimum Gasteiger partial charge on any atom is -0.306 e. The quantitative estimate of drug-likeness (QED) is 0.169. The number of nitrogens with zero attached hydrogens (tertiary/aromatic N) is 10. The van der Waals surface area contributed by atoms with Gasteiger partial charge in [0.1, 0.15) is 11.4 Å². The van der Waals surface area contributed by atoms with Crippen LogP contribution < -0.4 is 11.1 Å². The van der Waals surface area contributed by atoms with Gasteiger partial charge in [0.2, 0.25) is 0 Å². The van der Waals surface area contributed by atoms with Crippen LogP contribution in [-0.4, -0.2) is 88.9 Å². The maximum absolute atomic E-state index is 12.6. The van der Waals surface area contributed by atoms with Gasteiger partial charge in [-0.3, -0.25) is 9.59 Å². The maximum atomic E-state index is 12.6. The third-order valence-corrected chi connectivity index (χ3v) is 11.4. The van der Waals surface area contributed by atoms with Gasteiger partial charge in [0.05, 0.1) is 45.6 Å². The third kappa shape index (κ3) is 8.01. The molecule has 0 amide bonds. The number of benzene rings is 2. The number of hydrogen-bond acceptors (Lipinski definition) is 8. The molecule has 2 fully saturated rings. The van der Waals surface area contributed by atoms with E-state index in [1.54, 1.807) is 21.5 Å². The van der Waals surface area contributed by atoms with Gasteiger partial charge < -0.3 is 9.80 Å². The van der Waals surface area contributed by atoms with Crippen molar-refractivity contribution in [1.29, 1.82) is 0 Å². The van der Waals surface area contributed by atoms with Crippen LogP contribution in [0.2, 0.25) is 0 Å². The highest BCUT2D eigenvalue weighted by atomic mass is 16.1. The fraction of sp³-hybridized carbons (Fsp3) is 0.277. The zero-order valence-corrected chi connectivity index (χ0v) is 32.8. The van der Waals surface area contributed by atoms with E-state index in [0.717, 1.165) is 108 Å². The Kier molecular flexibility index (Phi) is 11.4. The van der Waals surface area contributed by atoms with Crippen LogP contribution in [0.1, 0.15) is 45.2 Å². The number of aromatic nitrogens is 8. The smallest absolute Gasteiger partial charge is 0.267 e. The van der Waals surface area contributed by atoms with Crippen LogP contribution in [0.25, 0.3) is 56.1 Å². The first kappa shape index (κ1) is 39.3. The van der Waals surface area contributed by atoms with E-state index in [0.29, 0.717) is 0 Å². The van der Waals surface area contributed by atoms with Gasteiger partial charge in [-0.25, -0.2) is 18.4 Å². The summed E-state index contributed by atoms with van der Waals surface area (Å²) in [6.07, 6.45) is 7.64. The monoisotopic (exact) mass is 786 g/mol. The molecule has 8 aromatic rings. The summed E-state index contributed by atoms with van der Waals surface area (Å²) in [6, 6.07) is 39.5. The fourth-order valence-electron chi connectivity index (χ4n) is 8.22. The number of rotatable bonds is 6. The second kappa shape index (κ2) is 17.2. The molecule has 59 heavy (non-hydrogen) atoms. The van der Waals surface area contributed by atoms with E-state index in [-0.39, 0.29) is 30.6 Å². The zero-order valence-electron chi connectivity index (χ0n) is 32.8. The average molecular weight is 787 g/mol. The number of piperidine rings is 2. The Morgan fingerprint density at radius 3 is 1.22 bits per heavy atom. The molecule has 12 heteroatoms. The number of fused-ring (bicyclic) bond motifs is 2. The highest BCUT2D eigenvalue weighted by molar-refractivity contribution is 5.91. The molecule has 0 N–H and O–H groups in total. The standard InChI is InChI=1S/2C23H23N5O.CH4/c2*1-26-15-12-18(13-16-26)28-21(29)11-10-19(24-28)22-20-9-5-6-14-27(20)25-23(22)17-7-3-2-4-8-17;/h2*2-11,14,18H,12-13,15-16H2,1H3;1H4. The first-order chi connectivity index (χ1) is 28.4. The lowest BCUT2D eigenvalue weighted by Crippen LogP contribution is -2.36. The molecule has 2 aromatic carbocycles. The molecule has 300 valence electrons. The first-order valence-corrected chi connectivity index (χ1v) is 20.0. The Balaban J connectivity index is 0.000000161. The molecule has 0 radical (unpaired) electrons. The van der Waals surface area contributed by atoms with E-state index < -0.39 is 0 Å². The van der Waals surface area contributed by atoms with Gasteiger partial charge in [0.25, 0.3) is 11.1 Å². The van der Waals surface area contributed by atoms with E-state index in [1.807, 2.05) is 106 Å². The predicted molar refractivity (Wildman–Crippen MR) is 235 cm³/mol. The molecule has 0 bridgehead atoms. The molecule has 0 spiro atoms. The molecule has 2 saturated heterocycles. The molecule has 10 rings (SSSR count). The minimum absolute atomic E-state index is 0. The van der Waals surface area contributed by atoms with Gasteiger partial charge in [-0.2, -0.15) is 20.4 Å². The molecular formula is C47H50N10O2. The Hall–Kier alpha value is -6.50. The number of pyridine rings is 2. The Morgan fingerprint density at radius 2 is 0.831 bits per heavy atom. The summed E-state index contributed by atoms with van der Waals surface area (Å²) in [4.78, 5) is 29.8. The summed E-state index contributed by atoms with van der Waals surface area (Å²) in [7, 11) is 4.24. The fourth-order valence-corrected chi connectivity index (χ4v) is 8.22. The lowest BCUT2D eigenvalue weighted by atomic mass is 10.0. The van der Waals surface area contributed by atoms with Crippen LogP contribution in [-0.2, 0) is 0 Å². The zero-order chi connectivity index (χ0) is 39.6. The molecule has 6 aromatic heterocycles. The van der Waals surface area contributed by atoms with Crippen molar-refractivity contribution in [1.82, 2.24) is 48.6 Å². The summed E-state index contributed by atoms with van der Waals surface area (Å²) in [5.74, 6) is 0.